The molecule has 1 atom stereocenters. The van der Waals surface area contributed by atoms with E-state index < -0.39 is 12.1 Å². The summed E-state index contributed by atoms with van der Waals surface area (Å²) >= 11 is 3.34. The third kappa shape index (κ3) is 4.48. The van der Waals surface area contributed by atoms with Gasteiger partial charge < -0.3 is 9.64 Å². The number of benzene rings is 2. The lowest BCUT2D eigenvalue weighted by molar-refractivity contribution is -0.142. The number of likely N-dealkylation sites (tertiary alicyclic amines) is 1. The standard InChI is InChI=1S/C20H20BrNO3/c21-17-11-9-16(10-12-17)20(24)25-18(15-7-3-1-4-8-15)19(23)22-13-5-2-6-14-22/h1,3-4,7-12,18H,2,5-6,13-14H2/t18-/m0/s1. The molecule has 0 radical (unpaired) electrons. The highest BCUT2D eigenvalue weighted by atomic mass is 79.9. The Balaban J connectivity index is 1.82. The Bertz CT molecular complexity index is 724. The number of halogens is 1. The number of hydrogen-bond acceptors (Lipinski definition) is 3. The van der Waals surface area contributed by atoms with E-state index in [9.17, 15) is 9.59 Å². The molecular weight excluding hydrogens is 382 g/mol. The topological polar surface area (TPSA) is 46.6 Å². The van der Waals surface area contributed by atoms with Crippen molar-refractivity contribution in [1.82, 2.24) is 4.90 Å². The molecule has 5 heteroatoms. The highest BCUT2D eigenvalue weighted by Gasteiger charge is 2.30. The van der Waals surface area contributed by atoms with Crippen LogP contribution in [-0.2, 0) is 9.53 Å². The fourth-order valence-electron chi connectivity index (χ4n) is 2.93. The third-order valence-electron chi connectivity index (χ3n) is 4.30. The van der Waals surface area contributed by atoms with Crippen molar-refractivity contribution in [3.05, 3.63) is 70.2 Å². The van der Waals surface area contributed by atoms with Crippen LogP contribution in [0.25, 0.3) is 0 Å². The summed E-state index contributed by atoms with van der Waals surface area (Å²) in [5, 5.41) is 0. The maximum atomic E-state index is 13.0. The van der Waals surface area contributed by atoms with E-state index in [1.165, 1.54) is 0 Å². The van der Waals surface area contributed by atoms with Gasteiger partial charge in [0.1, 0.15) is 0 Å². The maximum Gasteiger partial charge on any atom is 0.339 e. The summed E-state index contributed by atoms with van der Waals surface area (Å²) in [6, 6.07) is 16.1. The molecular formula is C20H20BrNO3. The minimum absolute atomic E-state index is 0.142. The number of esters is 1. The monoisotopic (exact) mass is 401 g/mol. The lowest BCUT2D eigenvalue weighted by Gasteiger charge is -2.30. The highest BCUT2D eigenvalue weighted by Crippen LogP contribution is 2.24. The zero-order valence-electron chi connectivity index (χ0n) is 13.9. The lowest BCUT2D eigenvalue weighted by atomic mass is 10.1. The molecule has 0 aliphatic carbocycles. The van der Waals surface area contributed by atoms with Crippen LogP contribution in [0, 0.1) is 0 Å². The van der Waals surface area contributed by atoms with Crippen molar-refractivity contribution < 1.29 is 14.3 Å². The normalized spacial score (nSPS) is 15.5. The zero-order valence-corrected chi connectivity index (χ0v) is 15.4. The second-order valence-electron chi connectivity index (χ2n) is 6.09. The molecule has 25 heavy (non-hydrogen) atoms. The maximum absolute atomic E-state index is 13.0. The summed E-state index contributed by atoms with van der Waals surface area (Å²) in [4.78, 5) is 27.3. The van der Waals surface area contributed by atoms with Crippen LogP contribution in [-0.4, -0.2) is 29.9 Å². The molecule has 0 aromatic heterocycles. The molecule has 0 spiro atoms. The fourth-order valence-corrected chi connectivity index (χ4v) is 3.19. The molecule has 1 heterocycles. The van der Waals surface area contributed by atoms with Gasteiger partial charge in [0.15, 0.2) is 0 Å². The van der Waals surface area contributed by atoms with Crippen LogP contribution in [0.15, 0.2) is 59.1 Å². The van der Waals surface area contributed by atoms with Crippen LogP contribution in [0.4, 0.5) is 0 Å². The second-order valence-corrected chi connectivity index (χ2v) is 7.00. The Morgan fingerprint density at radius 1 is 0.920 bits per heavy atom. The van der Waals surface area contributed by atoms with E-state index in [2.05, 4.69) is 15.9 Å². The highest BCUT2D eigenvalue weighted by molar-refractivity contribution is 9.10. The number of nitrogens with zero attached hydrogens (tertiary/aromatic N) is 1. The minimum Gasteiger partial charge on any atom is -0.444 e. The van der Waals surface area contributed by atoms with Gasteiger partial charge in [-0.25, -0.2) is 4.79 Å². The minimum atomic E-state index is -0.907. The van der Waals surface area contributed by atoms with Crippen molar-refractivity contribution in [2.45, 2.75) is 25.4 Å². The van der Waals surface area contributed by atoms with E-state index in [4.69, 9.17) is 4.74 Å². The van der Waals surface area contributed by atoms with Crippen LogP contribution in [0.5, 0.6) is 0 Å². The number of piperidine rings is 1. The van der Waals surface area contributed by atoms with Crippen molar-refractivity contribution in [1.29, 1.82) is 0 Å². The van der Waals surface area contributed by atoms with Crippen molar-refractivity contribution >= 4 is 27.8 Å². The number of carbonyl (C=O) groups excluding carboxylic acids is 2. The summed E-state index contributed by atoms with van der Waals surface area (Å²) in [5.74, 6) is -0.636. The fraction of sp³-hybridized carbons (Fsp3) is 0.300. The predicted molar refractivity (Wildman–Crippen MR) is 99.2 cm³/mol. The molecule has 2 aromatic rings. The lowest BCUT2D eigenvalue weighted by Crippen LogP contribution is -2.40. The Morgan fingerprint density at radius 3 is 2.20 bits per heavy atom. The first-order chi connectivity index (χ1) is 12.1. The van der Waals surface area contributed by atoms with Crippen LogP contribution in [0.1, 0.15) is 41.3 Å². The van der Waals surface area contributed by atoms with Gasteiger partial charge in [0.2, 0.25) is 6.10 Å². The summed E-state index contributed by atoms with van der Waals surface area (Å²) in [6.45, 7) is 1.44. The molecule has 1 saturated heterocycles. The van der Waals surface area contributed by atoms with Gasteiger partial charge in [0, 0.05) is 23.1 Å². The van der Waals surface area contributed by atoms with Gasteiger partial charge in [0.25, 0.3) is 5.91 Å². The van der Waals surface area contributed by atoms with Crippen molar-refractivity contribution in [3.63, 3.8) is 0 Å². The van der Waals surface area contributed by atoms with Gasteiger partial charge in [-0.1, -0.05) is 46.3 Å². The predicted octanol–water partition coefficient (Wildman–Crippen LogP) is 4.36. The van der Waals surface area contributed by atoms with Gasteiger partial charge in [-0.2, -0.15) is 0 Å². The van der Waals surface area contributed by atoms with Gasteiger partial charge >= 0.3 is 5.97 Å². The Hall–Kier alpha value is -2.14. The van der Waals surface area contributed by atoms with Crippen molar-refractivity contribution in [3.8, 4) is 0 Å². The van der Waals surface area contributed by atoms with Gasteiger partial charge in [-0.05, 0) is 43.5 Å². The Kier molecular flexibility index (Phi) is 5.87. The third-order valence-corrected chi connectivity index (χ3v) is 4.83. The average Bonchev–Trinajstić information content (AvgIpc) is 2.67. The van der Waals surface area contributed by atoms with Gasteiger partial charge in [-0.3, -0.25) is 4.79 Å². The smallest absolute Gasteiger partial charge is 0.339 e. The first-order valence-corrected chi connectivity index (χ1v) is 9.25. The van der Waals surface area contributed by atoms with Crippen molar-refractivity contribution in [2.75, 3.05) is 13.1 Å². The van der Waals surface area contributed by atoms with E-state index in [0.29, 0.717) is 11.1 Å². The van der Waals surface area contributed by atoms with Crippen LogP contribution in [0.3, 0.4) is 0 Å². The molecule has 1 amide bonds. The molecule has 1 fully saturated rings. The summed E-state index contributed by atoms with van der Waals surface area (Å²) in [5.41, 5.74) is 1.12. The molecule has 0 N–H and O–H groups in total. The van der Waals surface area contributed by atoms with E-state index in [0.717, 1.165) is 36.8 Å². The Morgan fingerprint density at radius 2 is 1.56 bits per heavy atom. The largest absolute Gasteiger partial charge is 0.444 e. The van der Waals surface area contributed by atoms with Gasteiger partial charge in [-0.15, -0.1) is 0 Å². The van der Waals surface area contributed by atoms with Gasteiger partial charge in [0.05, 0.1) is 5.56 Å². The first kappa shape index (κ1) is 17.7. The molecule has 0 unspecified atom stereocenters. The van der Waals surface area contributed by atoms with E-state index in [1.54, 1.807) is 29.2 Å². The molecule has 2 aromatic carbocycles. The number of amides is 1. The molecule has 1 aliphatic heterocycles. The number of rotatable bonds is 4. The summed E-state index contributed by atoms with van der Waals surface area (Å²) in [6.07, 6.45) is 2.22. The zero-order chi connectivity index (χ0) is 17.6. The molecule has 0 saturated carbocycles. The van der Waals surface area contributed by atoms with E-state index in [1.807, 2.05) is 30.3 Å². The number of hydrogen-bond donors (Lipinski definition) is 0. The summed E-state index contributed by atoms with van der Waals surface area (Å²) in [7, 11) is 0. The van der Waals surface area contributed by atoms with Crippen LogP contribution < -0.4 is 0 Å². The van der Waals surface area contributed by atoms with E-state index in [-0.39, 0.29) is 5.91 Å². The molecule has 1 aliphatic rings. The first-order valence-electron chi connectivity index (χ1n) is 8.45. The van der Waals surface area contributed by atoms with E-state index >= 15 is 0 Å². The molecule has 3 rings (SSSR count). The SMILES string of the molecule is O=C(O[C@H](C(=O)N1CCCCC1)c1ccccc1)c1ccc(Br)cc1. The van der Waals surface area contributed by atoms with Crippen LogP contribution in [0.2, 0.25) is 0 Å². The second kappa shape index (κ2) is 8.30. The molecule has 0 bridgehead atoms. The molecule has 130 valence electrons. The quantitative estimate of drug-likeness (QED) is 0.714. The summed E-state index contributed by atoms with van der Waals surface area (Å²) < 4.78 is 6.51. The average molecular weight is 402 g/mol. The van der Waals surface area contributed by atoms with Crippen LogP contribution >= 0.6 is 15.9 Å². The van der Waals surface area contributed by atoms with Crippen molar-refractivity contribution in [2.24, 2.45) is 0 Å². The molecule has 4 nitrogen and oxygen atoms in total. The number of carbonyl (C=O) groups is 2. The Labute approximate surface area is 155 Å². The number of ether oxygens (including phenoxy) is 1.